The third-order valence-electron chi connectivity index (χ3n) is 25.9. The number of aliphatic hydroxyl groups excluding tert-OH is 36. The molecule has 0 aromatic rings. The molecule has 808 valence electrons. The van der Waals surface area contributed by atoms with E-state index in [0.29, 0.717) is 0 Å². The van der Waals surface area contributed by atoms with Crippen molar-refractivity contribution in [3.8, 4) is 0 Å². The maximum Gasteiger partial charge on any atom is 0.217 e. The van der Waals surface area contributed by atoms with E-state index < -0.39 is 459 Å². The van der Waals surface area contributed by atoms with E-state index in [4.69, 9.17) is 109 Å². The highest BCUT2D eigenvalue weighted by atomic mass is 16.8. The molecule has 0 saturated carbocycles. The Morgan fingerprint density at radius 3 is 0.734 bits per heavy atom. The lowest BCUT2D eigenvalue weighted by Crippen LogP contribution is -2.70. The fourth-order valence-electron chi connectivity index (χ4n) is 17.9. The van der Waals surface area contributed by atoms with Gasteiger partial charge < -0.3 is 303 Å². The van der Waals surface area contributed by atoms with Gasteiger partial charge in [0.25, 0.3) is 0 Å². The van der Waals surface area contributed by atoms with Gasteiger partial charge in [0.05, 0.1) is 79.3 Å². The number of hydrogen-bond donors (Lipinski definition) is 38. The molecule has 12 heterocycles. The summed E-state index contributed by atoms with van der Waals surface area (Å²) in [5.74, 6) is -1.86. The van der Waals surface area contributed by atoms with E-state index in [-0.39, 0.29) is 0 Å². The number of nitrogens with one attached hydrogen (secondary N) is 2. The zero-order chi connectivity index (χ0) is 102. The Kier molecular flexibility index (Phi) is 41.0. The molecule has 12 fully saturated rings. The maximum atomic E-state index is 13.2. The Morgan fingerprint density at radius 2 is 0.396 bits per heavy atom. The number of rotatable bonds is 36. The minimum absolute atomic E-state index is 0.840. The third-order valence-corrected chi connectivity index (χ3v) is 25.9. The summed E-state index contributed by atoms with van der Waals surface area (Å²) in [5.41, 5.74) is 0. The number of aliphatic hydroxyl groups is 36. The van der Waals surface area contributed by atoms with E-state index in [0.717, 1.165) is 13.8 Å². The van der Waals surface area contributed by atoms with E-state index in [1.54, 1.807) is 0 Å². The molecule has 0 bridgehead atoms. The minimum atomic E-state index is -2.75. The van der Waals surface area contributed by atoms with Gasteiger partial charge in [-0.2, -0.15) is 0 Å². The first kappa shape index (κ1) is 114. The predicted octanol–water partition coefficient (Wildman–Crippen LogP) is -26.9. The highest BCUT2D eigenvalue weighted by molar-refractivity contribution is 5.73. The van der Waals surface area contributed by atoms with Crippen LogP contribution in [0.25, 0.3) is 0 Å². The smallest absolute Gasteiger partial charge is 0.217 e. The molecule has 30 unspecified atom stereocenters. The van der Waals surface area contributed by atoms with Gasteiger partial charge in [0.2, 0.25) is 11.8 Å². The van der Waals surface area contributed by atoms with Gasteiger partial charge in [-0.15, -0.1) is 0 Å². The highest BCUT2D eigenvalue weighted by Crippen LogP contribution is 2.43. The van der Waals surface area contributed by atoms with Gasteiger partial charge in [0, 0.05) is 13.8 Å². The topological polar surface area (TPSA) is 999 Å². The molecule has 0 aliphatic carbocycles. The molecule has 2 amide bonds. The van der Waals surface area contributed by atoms with Crippen LogP contribution in [0.15, 0.2) is 0 Å². The molecule has 12 saturated heterocycles. The first-order chi connectivity index (χ1) is 65.9. The van der Waals surface area contributed by atoms with Crippen molar-refractivity contribution in [2.24, 2.45) is 0 Å². The van der Waals surface area contributed by atoms with E-state index in [9.17, 15) is 193 Å². The Hall–Kier alpha value is -3.42. The second-order valence-electron chi connectivity index (χ2n) is 35.2. The monoisotopic (exact) mass is 2040 g/mol. The molecule has 63 heteroatoms. The molecule has 139 heavy (non-hydrogen) atoms. The molecule has 12 aliphatic rings. The molecule has 0 radical (unpaired) electrons. The first-order valence-electron chi connectivity index (χ1n) is 44.2. The van der Waals surface area contributed by atoms with Crippen LogP contribution in [0, 0.1) is 0 Å². The van der Waals surface area contributed by atoms with Crippen LogP contribution in [0.4, 0.5) is 0 Å². The van der Waals surface area contributed by atoms with Crippen molar-refractivity contribution < 1.29 is 302 Å². The molecule has 0 aromatic carbocycles. The Labute approximate surface area is 784 Å². The average Bonchev–Trinajstić information content (AvgIpc) is 0.774. The molecular formula is C76H128N2O61. The van der Waals surface area contributed by atoms with Crippen LogP contribution < -0.4 is 10.6 Å². The quantitative estimate of drug-likeness (QED) is 0.0277. The van der Waals surface area contributed by atoms with Crippen LogP contribution in [0.1, 0.15) is 13.8 Å². The first-order valence-corrected chi connectivity index (χ1v) is 44.2. The molecule has 38 N–H and O–H groups in total. The van der Waals surface area contributed by atoms with Gasteiger partial charge in [-0.05, 0) is 0 Å². The second kappa shape index (κ2) is 49.8. The lowest BCUT2D eigenvalue weighted by molar-refractivity contribution is -0.411. The molecule has 12 aliphatic heterocycles. The van der Waals surface area contributed by atoms with Gasteiger partial charge in [0.1, 0.15) is 293 Å². The van der Waals surface area contributed by atoms with Gasteiger partial charge >= 0.3 is 0 Å². The number of carbonyl (C=O) groups is 2. The van der Waals surface area contributed by atoms with Crippen LogP contribution in [-0.2, 0) is 119 Å². The average molecular weight is 2050 g/mol. The van der Waals surface area contributed by atoms with Crippen LogP contribution >= 0.6 is 0 Å². The van der Waals surface area contributed by atoms with Crippen LogP contribution in [0.3, 0.4) is 0 Å². The zero-order valence-corrected chi connectivity index (χ0v) is 73.4. The van der Waals surface area contributed by atoms with Gasteiger partial charge in [-0.1, -0.05) is 0 Å². The van der Waals surface area contributed by atoms with E-state index in [2.05, 4.69) is 10.6 Å². The van der Waals surface area contributed by atoms with Crippen LogP contribution in [-0.4, -0.2) is 643 Å². The summed E-state index contributed by atoms with van der Waals surface area (Å²) in [6.07, 6.45) is -130. The predicted molar refractivity (Wildman–Crippen MR) is 418 cm³/mol. The Bertz CT molecular complexity index is 3730. The van der Waals surface area contributed by atoms with Crippen molar-refractivity contribution in [1.29, 1.82) is 0 Å². The van der Waals surface area contributed by atoms with E-state index >= 15 is 0 Å². The fourth-order valence-corrected chi connectivity index (χ4v) is 17.9. The van der Waals surface area contributed by atoms with Crippen molar-refractivity contribution >= 4 is 11.8 Å². The molecule has 63 nitrogen and oxygen atoms in total. The lowest BCUT2D eigenvalue weighted by Gasteiger charge is -2.51. The molecule has 60 atom stereocenters. The van der Waals surface area contributed by atoms with Crippen molar-refractivity contribution in [3.63, 3.8) is 0 Å². The second-order valence-corrected chi connectivity index (χ2v) is 35.2. The summed E-state index contributed by atoms with van der Waals surface area (Å²) in [7, 11) is 0. The number of carbonyl (C=O) groups excluding carboxylic acids is 2. The minimum Gasteiger partial charge on any atom is -0.394 e. The molecular weight excluding hydrogens is 1920 g/mol. The number of amides is 2. The highest BCUT2D eigenvalue weighted by Gasteiger charge is 2.63. The van der Waals surface area contributed by atoms with E-state index in [1.165, 1.54) is 0 Å². The molecule has 0 aromatic heterocycles. The summed E-state index contributed by atoms with van der Waals surface area (Å²) in [5, 5.41) is 408. The maximum absolute atomic E-state index is 13.2. The van der Waals surface area contributed by atoms with Crippen molar-refractivity contribution in [2.45, 2.75) is 382 Å². The van der Waals surface area contributed by atoms with Gasteiger partial charge in [-0.3, -0.25) is 9.59 Å². The summed E-state index contributed by atoms with van der Waals surface area (Å²) in [6, 6.07) is -3.77. The summed E-state index contributed by atoms with van der Waals surface area (Å²) >= 11 is 0. The summed E-state index contributed by atoms with van der Waals surface area (Å²) < 4.78 is 136. The fraction of sp³-hybridized carbons (Fsp3) is 0.974. The zero-order valence-electron chi connectivity index (χ0n) is 73.4. The van der Waals surface area contributed by atoms with Crippen molar-refractivity contribution in [2.75, 3.05) is 79.3 Å². The Morgan fingerprint density at radius 1 is 0.187 bits per heavy atom. The van der Waals surface area contributed by atoms with Crippen molar-refractivity contribution in [3.05, 3.63) is 0 Å². The third kappa shape index (κ3) is 24.5. The summed E-state index contributed by atoms with van der Waals surface area (Å²) in [4.78, 5) is 25.5. The molecule has 12 rings (SSSR count). The number of hydrogen-bond acceptors (Lipinski definition) is 61. The largest absolute Gasteiger partial charge is 0.394 e. The normalized spacial score (nSPS) is 51.9. The lowest BCUT2D eigenvalue weighted by atomic mass is 9.94. The van der Waals surface area contributed by atoms with Gasteiger partial charge in [-0.25, -0.2) is 0 Å². The van der Waals surface area contributed by atoms with Crippen LogP contribution in [0.5, 0.6) is 0 Å². The SMILES string of the molecule is CC(=O)NC1C(O)[C@H](O[C@@H]2OC(CO[C@H]3OC(CO[C@H]4OC(CO)[C@@H](O)[C@H](O)C4O[C@H]4OC(CO)[C@@H](O)[C@H](O)C4O)[C@@H](O)[C@H](O[C@H]4OC(CO)[C@@H](O)C(O)C4O[C@H]4OC(CO)[C@@H](O)C(O)C4O)C3O)[C@@H](O)[C@H](O[C@H]3OC(CO)[C@@H](O)C(O)C3O[C@H]3OC(CO)[C@@H](O)C(O)C3O[C@H]3OC(CO)[C@@H](O)C(O[C@H]4OC(CO)[C@@H](O)[C@H](O)C4O)C3O)C2O)C(CO)O[C@H]1O[C@@H]1C(CO)O[C@@H](O)C(NC(C)=O)[C@H]1O. The molecule has 0 spiro atoms. The standard InChI is InChI=1S/C76H128N2O61/c1-15(89)77-29-41(101)56(25(11-87)119-65(29)116)131-66-30(78-16(2)90)42(102)57(26(12-88)128-66)132-72-55(115)60(135-75-64(49(109)37(97)22(8-84)126-75)139-76-63(48(108)36(96)23(9-85)127-76)138-71-54(114)58(38(98)24(10-86)123-71)133-68-50(110)43(103)31(91)17(3-79)120-68)40(100)28(130-72)13-117-67-53(113)59(134-74-62(47(107)35(95)21(7-83)125-74)137-70-52(112)45(105)33(93)19(5-81)122-70)39(99)27(129-67)14-118-73-61(46(106)34(94)20(6-82)124-73)136-69-51(111)44(104)32(92)18(4-80)121-69/h17-76,79-88,91-116H,3-14H2,1-2H3,(H,77,89)(H,78,90)/t17?,18?,19?,20?,21?,22?,23?,24?,25?,26?,27?,28?,29?,30?,31-,32-,33-,34-,35-,36-,37-,38-,39-,40-,41-,42?,43+,44+,45?,46+,47?,48?,49?,50?,51?,52?,53?,54?,55?,56-,57-,58?,59+,60+,61?,62?,63?,64?,65-,66+,67+,68-,69-,70-,71-,72+,73+,74-,75-,76-/m1/s1. The Balaban J connectivity index is 0.905. The van der Waals surface area contributed by atoms with E-state index in [1.807, 2.05) is 0 Å². The summed E-state index contributed by atoms with van der Waals surface area (Å²) in [6.45, 7) is -12.4. The van der Waals surface area contributed by atoms with Crippen LogP contribution in [0.2, 0.25) is 0 Å². The van der Waals surface area contributed by atoms with Crippen molar-refractivity contribution in [1.82, 2.24) is 10.6 Å². The number of ether oxygens (including phenoxy) is 23. The van der Waals surface area contributed by atoms with Gasteiger partial charge in [0.15, 0.2) is 75.5 Å².